The highest BCUT2D eigenvalue weighted by Crippen LogP contribution is 2.13. The molecule has 0 aromatic carbocycles. The predicted molar refractivity (Wildman–Crippen MR) is 80.8 cm³/mol. The summed E-state index contributed by atoms with van der Waals surface area (Å²) < 4.78 is 5.34. The Morgan fingerprint density at radius 3 is 3.05 bits per heavy atom. The van der Waals surface area contributed by atoms with E-state index in [0.717, 1.165) is 37.8 Å². The molecular weight excluding hydrogens is 254 g/mol. The second-order valence-electron chi connectivity index (χ2n) is 4.46. The lowest BCUT2D eigenvalue weighted by atomic mass is 10.3. The second-order valence-corrected chi connectivity index (χ2v) is 4.46. The number of guanidine groups is 1. The number of aliphatic imine (C=N–C) groups is 1. The van der Waals surface area contributed by atoms with E-state index in [-0.39, 0.29) is 0 Å². The van der Waals surface area contributed by atoms with Crippen LogP contribution >= 0.6 is 0 Å². The van der Waals surface area contributed by atoms with Crippen LogP contribution in [0.2, 0.25) is 0 Å². The molecule has 108 valence electrons. The summed E-state index contributed by atoms with van der Waals surface area (Å²) in [5, 5.41) is 2.94. The molecular formula is C14H21N5O. The van der Waals surface area contributed by atoms with E-state index in [1.165, 1.54) is 0 Å². The normalized spacial score (nSPS) is 16.0. The summed E-state index contributed by atoms with van der Waals surface area (Å²) in [7, 11) is 0. The van der Waals surface area contributed by atoms with Crippen LogP contribution in [0.4, 0.5) is 5.82 Å². The second kappa shape index (κ2) is 7.49. The molecule has 1 fully saturated rings. The van der Waals surface area contributed by atoms with Crippen LogP contribution in [0.5, 0.6) is 0 Å². The van der Waals surface area contributed by atoms with E-state index in [1.807, 2.05) is 18.2 Å². The van der Waals surface area contributed by atoms with Gasteiger partial charge in [0.25, 0.3) is 0 Å². The predicted octanol–water partition coefficient (Wildman–Crippen LogP) is 0.508. The smallest absolute Gasteiger partial charge is 0.189 e. The van der Waals surface area contributed by atoms with Crippen LogP contribution < -0.4 is 16.0 Å². The molecule has 1 aliphatic heterocycles. The Morgan fingerprint density at radius 2 is 2.30 bits per heavy atom. The summed E-state index contributed by atoms with van der Waals surface area (Å²) in [5.41, 5.74) is 6.63. The number of morpholine rings is 1. The number of hydrogen-bond donors (Lipinski definition) is 2. The van der Waals surface area contributed by atoms with Crippen molar-refractivity contribution in [3.63, 3.8) is 0 Å². The van der Waals surface area contributed by atoms with Crippen LogP contribution in [0.25, 0.3) is 0 Å². The van der Waals surface area contributed by atoms with Gasteiger partial charge in [0.1, 0.15) is 5.82 Å². The van der Waals surface area contributed by atoms with Gasteiger partial charge in [0.2, 0.25) is 0 Å². The molecule has 1 saturated heterocycles. The van der Waals surface area contributed by atoms with Gasteiger partial charge in [-0.2, -0.15) is 0 Å². The molecule has 3 N–H and O–H groups in total. The topological polar surface area (TPSA) is 75.8 Å². The average molecular weight is 275 g/mol. The van der Waals surface area contributed by atoms with Crippen molar-refractivity contribution < 1.29 is 4.74 Å². The molecule has 0 aliphatic carbocycles. The summed E-state index contributed by atoms with van der Waals surface area (Å²) in [6.07, 6.45) is 1.74. The fourth-order valence-corrected chi connectivity index (χ4v) is 1.92. The number of rotatable bonds is 5. The van der Waals surface area contributed by atoms with Crippen molar-refractivity contribution in [2.24, 2.45) is 10.7 Å². The van der Waals surface area contributed by atoms with Crippen LogP contribution in [0.3, 0.4) is 0 Å². The zero-order valence-electron chi connectivity index (χ0n) is 11.6. The molecule has 6 heteroatoms. The summed E-state index contributed by atoms with van der Waals surface area (Å²) in [6, 6.07) is 5.96. The van der Waals surface area contributed by atoms with Crippen molar-refractivity contribution in [3.8, 4) is 0 Å². The monoisotopic (exact) mass is 275 g/mol. The van der Waals surface area contributed by atoms with Crippen molar-refractivity contribution in [2.45, 2.75) is 6.54 Å². The van der Waals surface area contributed by atoms with Gasteiger partial charge in [-0.05, 0) is 12.1 Å². The maximum Gasteiger partial charge on any atom is 0.189 e. The van der Waals surface area contributed by atoms with Crippen LogP contribution in [0, 0.1) is 0 Å². The number of aromatic nitrogens is 1. The van der Waals surface area contributed by atoms with Gasteiger partial charge in [-0.3, -0.25) is 0 Å². The lowest BCUT2D eigenvalue weighted by Crippen LogP contribution is -2.36. The van der Waals surface area contributed by atoms with Gasteiger partial charge in [-0.15, -0.1) is 6.58 Å². The van der Waals surface area contributed by atoms with Crippen LogP contribution in [0.15, 0.2) is 35.8 Å². The number of nitrogens with two attached hydrogens (primary N) is 1. The fraction of sp³-hybridized carbons (Fsp3) is 0.429. The molecule has 2 heterocycles. The van der Waals surface area contributed by atoms with Gasteiger partial charge in [0.15, 0.2) is 5.96 Å². The van der Waals surface area contributed by atoms with Gasteiger partial charge < -0.3 is 20.7 Å². The first-order valence-corrected chi connectivity index (χ1v) is 6.73. The van der Waals surface area contributed by atoms with Gasteiger partial charge in [-0.1, -0.05) is 12.1 Å². The minimum absolute atomic E-state index is 0.406. The lowest BCUT2D eigenvalue weighted by Gasteiger charge is -2.27. The quantitative estimate of drug-likeness (QED) is 0.465. The molecule has 0 spiro atoms. The Balaban J connectivity index is 1.96. The first-order valence-electron chi connectivity index (χ1n) is 6.73. The van der Waals surface area contributed by atoms with E-state index in [1.54, 1.807) is 6.08 Å². The number of ether oxygens (including phenoxy) is 1. The van der Waals surface area contributed by atoms with E-state index in [4.69, 9.17) is 10.5 Å². The first-order chi connectivity index (χ1) is 9.79. The molecule has 0 bridgehead atoms. The fourth-order valence-electron chi connectivity index (χ4n) is 1.92. The van der Waals surface area contributed by atoms with E-state index >= 15 is 0 Å². The molecule has 2 rings (SSSR count). The Hall–Kier alpha value is -2.08. The largest absolute Gasteiger partial charge is 0.378 e. The van der Waals surface area contributed by atoms with E-state index in [2.05, 4.69) is 26.8 Å². The molecule has 20 heavy (non-hydrogen) atoms. The third-order valence-corrected chi connectivity index (χ3v) is 2.97. The number of anilines is 1. The Bertz CT molecular complexity index is 468. The average Bonchev–Trinajstić information content (AvgIpc) is 2.52. The lowest BCUT2D eigenvalue weighted by molar-refractivity contribution is 0.122. The molecule has 0 radical (unpaired) electrons. The number of nitrogens with zero attached hydrogens (tertiary/aromatic N) is 3. The van der Waals surface area contributed by atoms with Crippen molar-refractivity contribution in [1.82, 2.24) is 10.3 Å². The summed E-state index contributed by atoms with van der Waals surface area (Å²) in [4.78, 5) is 11.1. The van der Waals surface area contributed by atoms with E-state index in [9.17, 15) is 0 Å². The SMILES string of the molecule is C=CCNC(N)=NCc1cccc(N2CCOCC2)n1. The molecule has 1 aliphatic rings. The Labute approximate surface area is 119 Å². The number of hydrogen-bond acceptors (Lipinski definition) is 4. The minimum atomic E-state index is 0.406. The Kier molecular flexibility index (Phi) is 5.37. The number of nitrogens with one attached hydrogen (secondary N) is 1. The molecule has 0 amide bonds. The standard InChI is InChI=1S/C14H21N5O/c1-2-6-16-14(15)17-11-12-4-3-5-13(18-12)19-7-9-20-10-8-19/h2-5H,1,6-11H2,(H3,15,16,17). The van der Waals surface area contributed by atoms with Crippen molar-refractivity contribution in [3.05, 3.63) is 36.5 Å². The highest BCUT2D eigenvalue weighted by atomic mass is 16.5. The molecule has 0 unspecified atom stereocenters. The Morgan fingerprint density at radius 1 is 1.50 bits per heavy atom. The maximum absolute atomic E-state index is 5.72. The van der Waals surface area contributed by atoms with Crippen LogP contribution in [-0.4, -0.2) is 43.8 Å². The van der Waals surface area contributed by atoms with Crippen molar-refractivity contribution in [2.75, 3.05) is 37.7 Å². The molecule has 6 nitrogen and oxygen atoms in total. The molecule has 0 atom stereocenters. The van der Waals surface area contributed by atoms with E-state index < -0.39 is 0 Å². The third kappa shape index (κ3) is 4.24. The highest BCUT2D eigenvalue weighted by Gasteiger charge is 2.12. The maximum atomic E-state index is 5.72. The van der Waals surface area contributed by atoms with Crippen molar-refractivity contribution in [1.29, 1.82) is 0 Å². The summed E-state index contributed by atoms with van der Waals surface area (Å²) in [6.45, 7) is 7.95. The van der Waals surface area contributed by atoms with Gasteiger partial charge in [0, 0.05) is 19.6 Å². The highest BCUT2D eigenvalue weighted by molar-refractivity contribution is 5.77. The molecule has 0 saturated carbocycles. The van der Waals surface area contributed by atoms with Gasteiger partial charge >= 0.3 is 0 Å². The minimum Gasteiger partial charge on any atom is -0.378 e. The summed E-state index contributed by atoms with van der Waals surface area (Å²) >= 11 is 0. The molecule has 1 aromatic heterocycles. The number of pyridine rings is 1. The zero-order valence-corrected chi connectivity index (χ0v) is 11.6. The van der Waals surface area contributed by atoms with Crippen LogP contribution in [0.1, 0.15) is 5.69 Å². The first kappa shape index (κ1) is 14.3. The van der Waals surface area contributed by atoms with Crippen LogP contribution in [-0.2, 0) is 11.3 Å². The summed E-state index contributed by atoms with van der Waals surface area (Å²) in [5.74, 6) is 1.38. The third-order valence-electron chi connectivity index (χ3n) is 2.97. The van der Waals surface area contributed by atoms with E-state index in [0.29, 0.717) is 19.0 Å². The van der Waals surface area contributed by atoms with Gasteiger partial charge in [0.05, 0.1) is 25.5 Å². The van der Waals surface area contributed by atoms with Gasteiger partial charge in [-0.25, -0.2) is 9.98 Å². The zero-order chi connectivity index (χ0) is 14.2. The molecule has 1 aromatic rings. The van der Waals surface area contributed by atoms with Crippen molar-refractivity contribution >= 4 is 11.8 Å².